The molecule has 122 valence electrons. The van der Waals surface area contributed by atoms with Gasteiger partial charge in [-0.3, -0.25) is 14.6 Å². The van der Waals surface area contributed by atoms with E-state index in [2.05, 4.69) is 4.98 Å². The minimum atomic E-state index is -0.229. The molecule has 3 heterocycles. The normalized spacial score (nSPS) is 10.5. The number of aryl methyl sites for hydroxylation is 1. The topological polar surface area (TPSA) is 68.3 Å². The molecule has 0 spiro atoms. The summed E-state index contributed by atoms with van der Waals surface area (Å²) in [5.74, 6) is 0.448. The summed E-state index contributed by atoms with van der Waals surface area (Å²) >= 11 is 0. The second-order valence-electron chi connectivity index (χ2n) is 5.47. The Balaban J connectivity index is 1.89. The second kappa shape index (κ2) is 6.95. The number of carbonyl (C=O) groups excluding carboxylic acids is 1. The van der Waals surface area contributed by atoms with Gasteiger partial charge in [0.2, 0.25) is 0 Å². The molecule has 0 N–H and O–H groups in total. The summed E-state index contributed by atoms with van der Waals surface area (Å²) in [5, 5.41) is 0. The van der Waals surface area contributed by atoms with Gasteiger partial charge in [-0.15, -0.1) is 0 Å². The van der Waals surface area contributed by atoms with Crippen molar-refractivity contribution in [3.05, 3.63) is 88.5 Å². The molecular weight excluding hydrogens is 306 g/mol. The summed E-state index contributed by atoms with van der Waals surface area (Å²) in [5.41, 5.74) is 1.04. The number of hydrogen-bond donors (Lipinski definition) is 0. The fourth-order valence-corrected chi connectivity index (χ4v) is 2.37. The van der Waals surface area contributed by atoms with Crippen molar-refractivity contribution in [3.8, 4) is 0 Å². The van der Waals surface area contributed by atoms with E-state index in [-0.39, 0.29) is 11.5 Å². The first-order valence-electron chi connectivity index (χ1n) is 7.51. The number of nitrogens with zero attached hydrogens (tertiary/aromatic N) is 3. The van der Waals surface area contributed by atoms with Crippen LogP contribution in [0.2, 0.25) is 0 Å². The third-order valence-corrected chi connectivity index (χ3v) is 3.66. The Morgan fingerprint density at radius 2 is 2.12 bits per heavy atom. The van der Waals surface area contributed by atoms with Gasteiger partial charge in [-0.05, 0) is 29.8 Å². The van der Waals surface area contributed by atoms with Crippen LogP contribution < -0.4 is 5.56 Å². The summed E-state index contributed by atoms with van der Waals surface area (Å²) in [6.07, 6.45) is 6.56. The lowest BCUT2D eigenvalue weighted by Crippen LogP contribution is -2.31. The lowest BCUT2D eigenvalue weighted by Gasteiger charge is -2.22. The standard InChI is InChI=1S/C18H17N3O3/c1-20-8-6-15(10-17(20)22)18(23)21(13-16-5-3-9-24-16)12-14-4-2-7-19-11-14/h2-11H,12-13H2,1H3. The minimum Gasteiger partial charge on any atom is -0.467 e. The minimum absolute atomic E-state index is 0.222. The van der Waals surface area contributed by atoms with E-state index in [4.69, 9.17) is 4.42 Å². The number of amides is 1. The second-order valence-corrected chi connectivity index (χ2v) is 5.47. The molecule has 3 aromatic rings. The quantitative estimate of drug-likeness (QED) is 0.722. The van der Waals surface area contributed by atoms with Crippen molar-refractivity contribution in [1.82, 2.24) is 14.5 Å². The smallest absolute Gasteiger partial charge is 0.254 e. The van der Waals surface area contributed by atoms with E-state index < -0.39 is 0 Å². The molecule has 0 saturated carbocycles. The van der Waals surface area contributed by atoms with Crippen molar-refractivity contribution in [2.24, 2.45) is 7.05 Å². The molecule has 0 aliphatic heterocycles. The predicted molar refractivity (Wildman–Crippen MR) is 88.2 cm³/mol. The zero-order valence-corrected chi connectivity index (χ0v) is 13.3. The van der Waals surface area contributed by atoms with Crippen LogP contribution in [0.1, 0.15) is 21.7 Å². The van der Waals surface area contributed by atoms with E-state index in [1.165, 1.54) is 10.6 Å². The highest BCUT2D eigenvalue weighted by Gasteiger charge is 2.18. The molecule has 0 saturated heterocycles. The van der Waals surface area contributed by atoms with Crippen LogP contribution >= 0.6 is 0 Å². The van der Waals surface area contributed by atoms with Crippen molar-refractivity contribution in [2.45, 2.75) is 13.1 Å². The van der Waals surface area contributed by atoms with Crippen LogP contribution in [0.25, 0.3) is 0 Å². The molecule has 0 atom stereocenters. The molecule has 0 fully saturated rings. The van der Waals surface area contributed by atoms with Crippen molar-refractivity contribution < 1.29 is 9.21 Å². The molecule has 6 heteroatoms. The monoisotopic (exact) mass is 323 g/mol. The van der Waals surface area contributed by atoms with Gasteiger partial charge < -0.3 is 13.9 Å². The average molecular weight is 323 g/mol. The highest BCUT2D eigenvalue weighted by atomic mass is 16.3. The lowest BCUT2D eigenvalue weighted by molar-refractivity contribution is 0.0717. The highest BCUT2D eigenvalue weighted by molar-refractivity contribution is 5.94. The van der Waals surface area contributed by atoms with Gasteiger partial charge in [0.25, 0.3) is 11.5 Å². The number of aromatic nitrogens is 2. The number of hydrogen-bond acceptors (Lipinski definition) is 4. The molecule has 3 rings (SSSR count). The van der Waals surface area contributed by atoms with Gasteiger partial charge >= 0.3 is 0 Å². The molecule has 0 aliphatic rings. The summed E-state index contributed by atoms with van der Waals surface area (Å²) in [4.78, 5) is 30.4. The van der Waals surface area contributed by atoms with E-state index in [0.717, 1.165) is 5.56 Å². The maximum Gasteiger partial charge on any atom is 0.254 e. The van der Waals surface area contributed by atoms with Crippen molar-refractivity contribution in [1.29, 1.82) is 0 Å². The predicted octanol–water partition coefficient (Wildman–Crippen LogP) is 2.22. The van der Waals surface area contributed by atoms with Crippen LogP contribution in [-0.4, -0.2) is 20.4 Å². The summed E-state index contributed by atoms with van der Waals surface area (Å²) < 4.78 is 6.78. The number of pyridine rings is 2. The van der Waals surface area contributed by atoms with Gasteiger partial charge in [-0.25, -0.2) is 0 Å². The molecule has 0 radical (unpaired) electrons. The zero-order chi connectivity index (χ0) is 16.9. The Bertz CT molecular complexity index is 870. The molecule has 1 amide bonds. The van der Waals surface area contributed by atoms with Crippen molar-refractivity contribution in [3.63, 3.8) is 0 Å². The Hall–Kier alpha value is -3.15. The third-order valence-electron chi connectivity index (χ3n) is 3.66. The maximum absolute atomic E-state index is 12.9. The van der Waals surface area contributed by atoms with Gasteiger partial charge in [0.05, 0.1) is 12.8 Å². The Kier molecular flexibility index (Phi) is 4.56. The van der Waals surface area contributed by atoms with E-state index >= 15 is 0 Å². The third kappa shape index (κ3) is 3.60. The van der Waals surface area contributed by atoms with Crippen LogP contribution in [0.15, 0.2) is 70.5 Å². The van der Waals surface area contributed by atoms with Crippen molar-refractivity contribution >= 4 is 5.91 Å². The van der Waals surface area contributed by atoms with Crippen LogP contribution in [0.3, 0.4) is 0 Å². The van der Waals surface area contributed by atoms with E-state index in [0.29, 0.717) is 24.4 Å². The van der Waals surface area contributed by atoms with Crippen LogP contribution in [0.4, 0.5) is 0 Å². The Morgan fingerprint density at radius 1 is 1.25 bits per heavy atom. The average Bonchev–Trinajstić information content (AvgIpc) is 3.10. The van der Waals surface area contributed by atoms with Gasteiger partial charge in [-0.2, -0.15) is 0 Å². The van der Waals surface area contributed by atoms with E-state index in [1.54, 1.807) is 48.9 Å². The molecule has 24 heavy (non-hydrogen) atoms. The molecule has 0 aromatic carbocycles. The SMILES string of the molecule is Cn1ccc(C(=O)N(Cc2cccnc2)Cc2ccco2)cc1=O. The molecule has 0 unspecified atom stereocenters. The number of rotatable bonds is 5. The van der Waals surface area contributed by atoms with Crippen LogP contribution in [-0.2, 0) is 20.1 Å². The zero-order valence-electron chi connectivity index (χ0n) is 13.3. The summed E-state index contributed by atoms with van der Waals surface area (Å²) in [7, 11) is 1.65. The Labute approximate surface area is 139 Å². The first-order chi connectivity index (χ1) is 11.6. The molecule has 6 nitrogen and oxygen atoms in total. The fourth-order valence-electron chi connectivity index (χ4n) is 2.37. The maximum atomic E-state index is 12.9. The van der Waals surface area contributed by atoms with Crippen LogP contribution in [0, 0.1) is 0 Å². The van der Waals surface area contributed by atoms with Gasteiger partial charge in [0.1, 0.15) is 5.76 Å². The lowest BCUT2D eigenvalue weighted by atomic mass is 10.2. The first-order valence-corrected chi connectivity index (χ1v) is 7.51. The largest absolute Gasteiger partial charge is 0.467 e. The molecule has 3 aromatic heterocycles. The Morgan fingerprint density at radius 3 is 2.79 bits per heavy atom. The van der Waals surface area contributed by atoms with E-state index in [1.807, 2.05) is 18.2 Å². The van der Waals surface area contributed by atoms with Gasteiger partial charge in [-0.1, -0.05) is 6.07 Å². The highest BCUT2D eigenvalue weighted by Crippen LogP contribution is 2.13. The van der Waals surface area contributed by atoms with Gasteiger partial charge in [0, 0.05) is 43.8 Å². The summed E-state index contributed by atoms with van der Waals surface area (Å²) in [6.45, 7) is 0.693. The number of furan rings is 1. The fraction of sp³-hybridized carbons (Fsp3) is 0.167. The molecule has 0 aliphatic carbocycles. The van der Waals surface area contributed by atoms with Gasteiger partial charge in [0.15, 0.2) is 0 Å². The summed E-state index contributed by atoms with van der Waals surface area (Å²) in [6, 6.07) is 10.3. The van der Waals surface area contributed by atoms with Crippen LogP contribution in [0.5, 0.6) is 0 Å². The van der Waals surface area contributed by atoms with Crippen molar-refractivity contribution in [2.75, 3.05) is 0 Å². The number of carbonyl (C=O) groups is 1. The first kappa shape index (κ1) is 15.7. The molecule has 0 bridgehead atoms. The van der Waals surface area contributed by atoms with E-state index in [9.17, 15) is 9.59 Å². The molecular formula is C18H17N3O3.